The summed E-state index contributed by atoms with van der Waals surface area (Å²) in [5, 5.41) is 12.8. The van der Waals surface area contributed by atoms with E-state index in [0.717, 1.165) is 25.1 Å². The summed E-state index contributed by atoms with van der Waals surface area (Å²) in [4.78, 5) is 18.9. The number of hydrogen-bond donors (Lipinski definition) is 2. The van der Waals surface area contributed by atoms with Gasteiger partial charge < -0.3 is 15.3 Å². The molecule has 0 spiro atoms. The molecule has 0 bridgehead atoms. The predicted octanol–water partition coefficient (Wildman–Crippen LogP) is 2.11. The van der Waals surface area contributed by atoms with Gasteiger partial charge in [0, 0.05) is 36.4 Å². The van der Waals surface area contributed by atoms with Crippen LogP contribution >= 0.6 is 0 Å². The molecule has 5 nitrogen and oxygen atoms in total. The second kappa shape index (κ2) is 6.15. The molecule has 2 aliphatic rings. The summed E-state index contributed by atoms with van der Waals surface area (Å²) in [6.45, 7) is 3.60. The summed E-state index contributed by atoms with van der Waals surface area (Å²) >= 11 is 0. The normalized spacial score (nSPS) is 28.0. The van der Waals surface area contributed by atoms with Crippen molar-refractivity contribution in [3.8, 4) is 0 Å². The molecule has 4 rings (SSSR count). The standard InChI is InChI=1S/C20H23N3O2/c1-20(14-5-3-2-4-6-14)12-18(20)22-19(25)17-11-15(7-9-21-17)23-10-8-16(24)13-23/h2-7,9,11,16,18,24H,8,10,12-13H2,1H3,(H,22,25)/t16-,18+,20-/m0/s1. The molecule has 25 heavy (non-hydrogen) atoms. The SMILES string of the molecule is C[C@@]1(c2ccccc2)C[C@H]1NC(=O)c1cc(N2CC[C@H](O)C2)ccn1. The maximum atomic E-state index is 12.6. The van der Waals surface area contributed by atoms with E-state index < -0.39 is 0 Å². The Morgan fingerprint density at radius 3 is 2.84 bits per heavy atom. The van der Waals surface area contributed by atoms with E-state index in [9.17, 15) is 9.90 Å². The molecule has 1 aromatic carbocycles. The van der Waals surface area contributed by atoms with Crippen molar-refractivity contribution in [2.75, 3.05) is 18.0 Å². The van der Waals surface area contributed by atoms with E-state index in [-0.39, 0.29) is 23.5 Å². The lowest BCUT2D eigenvalue weighted by molar-refractivity contribution is 0.0943. The molecule has 3 atom stereocenters. The zero-order chi connectivity index (χ0) is 17.4. The van der Waals surface area contributed by atoms with Crippen LogP contribution in [0.2, 0.25) is 0 Å². The van der Waals surface area contributed by atoms with Crippen LogP contribution in [0.25, 0.3) is 0 Å². The summed E-state index contributed by atoms with van der Waals surface area (Å²) in [5.41, 5.74) is 2.64. The highest BCUT2D eigenvalue weighted by Crippen LogP contribution is 2.47. The number of aliphatic hydroxyl groups is 1. The molecule has 1 aromatic heterocycles. The minimum atomic E-state index is -0.288. The second-order valence-corrected chi connectivity index (χ2v) is 7.30. The van der Waals surface area contributed by atoms with Crippen molar-refractivity contribution in [3.63, 3.8) is 0 Å². The van der Waals surface area contributed by atoms with Crippen LogP contribution in [-0.2, 0) is 5.41 Å². The van der Waals surface area contributed by atoms with Gasteiger partial charge in [-0.15, -0.1) is 0 Å². The number of nitrogens with zero attached hydrogens (tertiary/aromatic N) is 2. The number of rotatable bonds is 4. The Kier molecular flexibility index (Phi) is 3.96. The molecule has 5 heteroatoms. The van der Waals surface area contributed by atoms with E-state index in [4.69, 9.17) is 0 Å². The van der Waals surface area contributed by atoms with Gasteiger partial charge in [-0.2, -0.15) is 0 Å². The minimum absolute atomic E-state index is 0.00753. The van der Waals surface area contributed by atoms with E-state index in [1.165, 1.54) is 5.56 Å². The van der Waals surface area contributed by atoms with E-state index in [2.05, 4.69) is 34.3 Å². The summed E-state index contributed by atoms with van der Waals surface area (Å²) in [5.74, 6) is -0.133. The third-order valence-electron chi connectivity index (χ3n) is 5.48. The third-order valence-corrected chi connectivity index (χ3v) is 5.48. The molecule has 0 unspecified atom stereocenters. The van der Waals surface area contributed by atoms with Crippen LogP contribution in [0.3, 0.4) is 0 Å². The molecule has 1 amide bonds. The van der Waals surface area contributed by atoms with Crippen molar-refractivity contribution >= 4 is 11.6 Å². The van der Waals surface area contributed by atoms with E-state index in [0.29, 0.717) is 12.2 Å². The van der Waals surface area contributed by atoms with Crippen LogP contribution in [0.4, 0.5) is 5.69 Å². The lowest BCUT2D eigenvalue weighted by Gasteiger charge is -2.18. The van der Waals surface area contributed by atoms with Gasteiger partial charge in [-0.3, -0.25) is 9.78 Å². The monoisotopic (exact) mass is 337 g/mol. The number of β-amino-alcohol motifs (C(OH)–C–C–N with tert-alkyl or cyclic N) is 1. The van der Waals surface area contributed by atoms with Crippen molar-refractivity contribution in [2.24, 2.45) is 0 Å². The minimum Gasteiger partial charge on any atom is -0.391 e. The Morgan fingerprint density at radius 2 is 2.12 bits per heavy atom. The Labute approximate surface area is 147 Å². The van der Waals surface area contributed by atoms with Crippen molar-refractivity contribution in [1.29, 1.82) is 0 Å². The third kappa shape index (κ3) is 3.12. The Hall–Kier alpha value is -2.40. The highest BCUT2D eigenvalue weighted by atomic mass is 16.3. The molecule has 1 saturated carbocycles. The molecule has 0 radical (unpaired) electrons. The molecule has 2 heterocycles. The number of aromatic nitrogens is 1. The predicted molar refractivity (Wildman–Crippen MR) is 96.7 cm³/mol. The second-order valence-electron chi connectivity index (χ2n) is 7.30. The smallest absolute Gasteiger partial charge is 0.270 e. The van der Waals surface area contributed by atoms with Crippen molar-refractivity contribution in [3.05, 3.63) is 59.9 Å². The average molecular weight is 337 g/mol. The molecule has 2 aromatic rings. The van der Waals surface area contributed by atoms with Gasteiger partial charge in [0.2, 0.25) is 0 Å². The first kappa shape index (κ1) is 16.1. The first-order valence-corrected chi connectivity index (χ1v) is 8.82. The molecule has 2 fully saturated rings. The fourth-order valence-electron chi connectivity index (χ4n) is 3.66. The van der Waals surface area contributed by atoms with Crippen LogP contribution in [-0.4, -0.2) is 41.2 Å². The number of benzene rings is 1. The zero-order valence-corrected chi connectivity index (χ0v) is 14.4. The van der Waals surface area contributed by atoms with Gasteiger partial charge in [0.15, 0.2) is 0 Å². The quantitative estimate of drug-likeness (QED) is 0.897. The summed E-state index contributed by atoms with van der Waals surface area (Å²) in [6.07, 6.45) is 3.09. The number of nitrogens with one attached hydrogen (secondary N) is 1. The average Bonchev–Trinajstić information content (AvgIpc) is 3.09. The van der Waals surface area contributed by atoms with Crippen LogP contribution in [0.5, 0.6) is 0 Å². The van der Waals surface area contributed by atoms with E-state index in [1.807, 2.05) is 30.3 Å². The number of anilines is 1. The van der Waals surface area contributed by atoms with Gasteiger partial charge in [0.25, 0.3) is 5.91 Å². The van der Waals surface area contributed by atoms with Crippen molar-refractivity contribution in [2.45, 2.75) is 37.3 Å². The van der Waals surface area contributed by atoms with Gasteiger partial charge in [0.1, 0.15) is 5.69 Å². The number of hydrogen-bond acceptors (Lipinski definition) is 4. The van der Waals surface area contributed by atoms with E-state index in [1.54, 1.807) is 6.20 Å². The Bertz CT molecular complexity index is 780. The molecule has 130 valence electrons. The molecule has 2 N–H and O–H groups in total. The maximum absolute atomic E-state index is 12.6. The number of aliphatic hydroxyl groups excluding tert-OH is 1. The maximum Gasteiger partial charge on any atom is 0.270 e. The molecule has 1 aliphatic heterocycles. The Balaban J connectivity index is 1.44. The van der Waals surface area contributed by atoms with Gasteiger partial charge in [-0.1, -0.05) is 37.3 Å². The number of carbonyl (C=O) groups is 1. The zero-order valence-electron chi connectivity index (χ0n) is 14.4. The van der Waals surface area contributed by atoms with Crippen LogP contribution < -0.4 is 10.2 Å². The summed E-state index contributed by atoms with van der Waals surface area (Å²) in [6, 6.07) is 14.2. The molecule has 1 saturated heterocycles. The van der Waals surface area contributed by atoms with Gasteiger partial charge in [-0.05, 0) is 30.5 Å². The summed E-state index contributed by atoms with van der Waals surface area (Å²) < 4.78 is 0. The van der Waals surface area contributed by atoms with Crippen LogP contribution in [0.15, 0.2) is 48.7 Å². The summed E-state index contributed by atoms with van der Waals surface area (Å²) in [7, 11) is 0. The largest absolute Gasteiger partial charge is 0.391 e. The molecule has 1 aliphatic carbocycles. The van der Waals surface area contributed by atoms with Crippen LogP contribution in [0, 0.1) is 0 Å². The van der Waals surface area contributed by atoms with Gasteiger partial charge in [-0.25, -0.2) is 0 Å². The van der Waals surface area contributed by atoms with Crippen molar-refractivity contribution in [1.82, 2.24) is 10.3 Å². The van der Waals surface area contributed by atoms with Gasteiger partial charge in [0.05, 0.1) is 6.10 Å². The number of pyridine rings is 1. The van der Waals surface area contributed by atoms with Crippen molar-refractivity contribution < 1.29 is 9.90 Å². The fraction of sp³-hybridized carbons (Fsp3) is 0.400. The first-order valence-electron chi connectivity index (χ1n) is 8.82. The van der Waals surface area contributed by atoms with E-state index >= 15 is 0 Å². The number of amides is 1. The lowest BCUT2D eigenvalue weighted by atomic mass is 9.97. The van der Waals surface area contributed by atoms with Crippen LogP contribution in [0.1, 0.15) is 35.8 Å². The highest BCUT2D eigenvalue weighted by molar-refractivity contribution is 5.93. The lowest BCUT2D eigenvalue weighted by Crippen LogP contribution is -2.31. The molecular weight excluding hydrogens is 314 g/mol. The fourth-order valence-corrected chi connectivity index (χ4v) is 3.66. The highest BCUT2D eigenvalue weighted by Gasteiger charge is 2.52. The van der Waals surface area contributed by atoms with Gasteiger partial charge >= 0.3 is 0 Å². The first-order chi connectivity index (χ1) is 12.1. The number of carbonyl (C=O) groups excluding carboxylic acids is 1. The topological polar surface area (TPSA) is 65.5 Å². The Morgan fingerprint density at radius 1 is 1.32 bits per heavy atom. The molecular formula is C20H23N3O2.